The molecule has 1 aromatic heterocycles. The Hall–Kier alpha value is -2.66. The molecule has 3 aromatic rings. The van der Waals surface area contributed by atoms with E-state index in [-0.39, 0.29) is 6.03 Å². The molecule has 23 heavy (non-hydrogen) atoms. The lowest BCUT2D eigenvalue weighted by molar-refractivity contribution is 0.254. The summed E-state index contributed by atoms with van der Waals surface area (Å²) in [6, 6.07) is 14.4. The number of urea groups is 1. The van der Waals surface area contributed by atoms with E-state index in [1.165, 1.54) is 20.5 Å². The second-order valence-electron chi connectivity index (χ2n) is 5.41. The van der Waals surface area contributed by atoms with Crippen LogP contribution in [-0.2, 0) is 6.54 Å². The summed E-state index contributed by atoms with van der Waals surface area (Å²) in [5, 5.41) is 6.68. The van der Waals surface area contributed by atoms with E-state index in [4.69, 9.17) is 0 Å². The maximum Gasteiger partial charge on any atom is 0.318 e. The number of rotatable bonds is 2. The lowest BCUT2D eigenvalue weighted by Gasteiger charge is -2.11. The molecular formula is C18H15N3OS. The average molecular weight is 321 g/mol. The number of fused-ring (bicyclic) bond motifs is 2. The quantitative estimate of drug-likeness (QED) is 0.728. The number of nitrogens with zero attached hydrogens (tertiary/aromatic N) is 1. The maximum absolute atomic E-state index is 11.6. The molecule has 4 rings (SSSR count). The maximum atomic E-state index is 11.6. The van der Waals surface area contributed by atoms with Crippen molar-refractivity contribution >= 4 is 39.4 Å². The number of aliphatic imine (C=N–C) groups is 1. The summed E-state index contributed by atoms with van der Waals surface area (Å²) < 4.78 is 1.26. The van der Waals surface area contributed by atoms with Gasteiger partial charge >= 0.3 is 6.03 Å². The van der Waals surface area contributed by atoms with Crippen LogP contribution in [0.1, 0.15) is 11.1 Å². The lowest BCUT2D eigenvalue weighted by Crippen LogP contribution is -2.24. The monoisotopic (exact) mass is 321 g/mol. The van der Waals surface area contributed by atoms with Crippen molar-refractivity contribution in [2.45, 2.75) is 6.54 Å². The highest BCUT2D eigenvalue weighted by Crippen LogP contribution is 2.38. The van der Waals surface area contributed by atoms with Gasteiger partial charge in [0.1, 0.15) is 0 Å². The Labute approximate surface area is 137 Å². The van der Waals surface area contributed by atoms with Crippen LogP contribution in [0, 0.1) is 0 Å². The van der Waals surface area contributed by atoms with Crippen molar-refractivity contribution in [3.63, 3.8) is 0 Å². The zero-order valence-electron chi connectivity index (χ0n) is 12.6. The van der Waals surface area contributed by atoms with Crippen molar-refractivity contribution in [1.29, 1.82) is 0 Å². The van der Waals surface area contributed by atoms with Gasteiger partial charge in [0.2, 0.25) is 0 Å². The van der Waals surface area contributed by atoms with E-state index in [1.54, 1.807) is 18.4 Å². The number of nitrogens with one attached hydrogen (secondary N) is 2. The van der Waals surface area contributed by atoms with Crippen LogP contribution in [-0.4, -0.2) is 19.3 Å². The van der Waals surface area contributed by atoms with Gasteiger partial charge in [-0.15, -0.1) is 11.3 Å². The molecule has 0 saturated carbocycles. The predicted molar refractivity (Wildman–Crippen MR) is 96.6 cm³/mol. The Balaban J connectivity index is 1.85. The largest absolute Gasteiger partial charge is 0.341 e. The van der Waals surface area contributed by atoms with Crippen molar-refractivity contribution in [1.82, 2.24) is 5.32 Å². The van der Waals surface area contributed by atoms with Crippen molar-refractivity contribution in [3.8, 4) is 10.4 Å². The standard InChI is InChI=1S/C18H15N3OS/c1-19-18(22)21-13-6-12-9-20-10-15(12)14(8-13)17-7-11-4-2-3-5-16(11)23-17/h2-9H,10H2,1H3,(H2,19,21,22). The fraction of sp³-hybridized carbons (Fsp3) is 0.111. The van der Waals surface area contributed by atoms with Gasteiger partial charge in [-0.1, -0.05) is 18.2 Å². The fourth-order valence-corrected chi connectivity index (χ4v) is 3.93. The zero-order valence-corrected chi connectivity index (χ0v) is 13.4. The Morgan fingerprint density at radius 1 is 1.22 bits per heavy atom. The smallest absolute Gasteiger partial charge is 0.318 e. The van der Waals surface area contributed by atoms with Gasteiger partial charge in [-0.3, -0.25) is 4.99 Å². The van der Waals surface area contributed by atoms with E-state index >= 15 is 0 Å². The number of anilines is 1. The summed E-state index contributed by atoms with van der Waals surface area (Å²) in [4.78, 5) is 17.2. The summed E-state index contributed by atoms with van der Waals surface area (Å²) in [5.41, 5.74) is 4.22. The molecule has 5 heteroatoms. The molecule has 4 nitrogen and oxygen atoms in total. The molecule has 0 unspecified atom stereocenters. The third-order valence-corrected chi connectivity index (χ3v) is 5.09. The van der Waals surface area contributed by atoms with Crippen LogP contribution in [0.15, 0.2) is 47.5 Å². The molecule has 2 amide bonds. The van der Waals surface area contributed by atoms with Crippen molar-refractivity contribution in [3.05, 3.63) is 53.6 Å². The Morgan fingerprint density at radius 3 is 2.91 bits per heavy atom. The van der Waals surface area contributed by atoms with Gasteiger partial charge < -0.3 is 10.6 Å². The minimum atomic E-state index is -0.220. The number of hydrogen-bond acceptors (Lipinski definition) is 3. The Kier molecular flexibility index (Phi) is 3.35. The molecular weight excluding hydrogens is 306 g/mol. The van der Waals surface area contributed by atoms with Gasteiger partial charge in [0.25, 0.3) is 0 Å². The molecule has 2 N–H and O–H groups in total. The molecule has 0 spiro atoms. The topological polar surface area (TPSA) is 53.5 Å². The van der Waals surface area contributed by atoms with Crippen LogP contribution in [0.4, 0.5) is 10.5 Å². The molecule has 0 radical (unpaired) electrons. The Bertz CT molecular complexity index is 910. The van der Waals surface area contributed by atoms with Crippen LogP contribution in [0.25, 0.3) is 20.5 Å². The van der Waals surface area contributed by atoms with E-state index in [9.17, 15) is 4.79 Å². The molecule has 2 aromatic carbocycles. The number of amides is 2. The molecule has 0 bridgehead atoms. The van der Waals surface area contributed by atoms with Crippen molar-refractivity contribution in [2.75, 3.05) is 12.4 Å². The summed E-state index contributed by atoms with van der Waals surface area (Å²) in [6.07, 6.45) is 1.88. The summed E-state index contributed by atoms with van der Waals surface area (Å²) in [7, 11) is 1.61. The number of hydrogen-bond donors (Lipinski definition) is 2. The highest BCUT2D eigenvalue weighted by Gasteiger charge is 2.17. The SMILES string of the molecule is CNC(=O)Nc1cc2c(c(-c3cc4ccccc4s3)c1)CN=C2. The number of benzene rings is 2. The lowest BCUT2D eigenvalue weighted by atomic mass is 10.0. The van der Waals surface area contributed by atoms with Gasteiger partial charge in [-0.2, -0.15) is 0 Å². The van der Waals surface area contributed by atoms with Crippen molar-refractivity contribution in [2.24, 2.45) is 4.99 Å². The molecule has 114 valence electrons. The second kappa shape index (κ2) is 5.52. The van der Waals surface area contributed by atoms with Gasteiger partial charge in [-0.25, -0.2) is 4.79 Å². The van der Waals surface area contributed by atoms with Crippen LogP contribution in [0.3, 0.4) is 0 Å². The van der Waals surface area contributed by atoms with Crippen molar-refractivity contribution < 1.29 is 4.79 Å². The molecule has 0 aliphatic carbocycles. The molecule has 1 aliphatic rings. The summed E-state index contributed by atoms with van der Waals surface area (Å²) >= 11 is 1.77. The van der Waals surface area contributed by atoms with Gasteiger partial charge in [0, 0.05) is 34.1 Å². The third-order valence-electron chi connectivity index (χ3n) is 3.94. The van der Waals surface area contributed by atoms with Crippen LogP contribution in [0.2, 0.25) is 0 Å². The zero-order chi connectivity index (χ0) is 15.8. The molecule has 0 atom stereocenters. The third kappa shape index (κ3) is 2.49. The van der Waals surface area contributed by atoms with Crippen LogP contribution < -0.4 is 10.6 Å². The highest BCUT2D eigenvalue weighted by atomic mass is 32.1. The van der Waals surface area contributed by atoms with E-state index in [2.05, 4.69) is 46.0 Å². The van der Waals surface area contributed by atoms with E-state index in [1.807, 2.05) is 18.3 Å². The van der Waals surface area contributed by atoms with Crippen LogP contribution in [0.5, 0.6) is 0 Å². The van der Waals surface area contributed by atoms with E-state index < -0.39 is 0 Å². The highest BCUT2D eigenvalue weighted by molar-refractivity contribution is 7.22. The predicted octanol–water partition coefficient (Wildman–Crippen LogP) is 4.25. The molecule has 2 heterocycles. The normalized spacial score (nSPS) is 12.4. The second-order valence-corrected chi connectivity index (χ2v) is 6.50. The number of thiophene rings is 1. The van der Waals surface area contributed by atoms with E-state index in [0.29, 0.717) is 6.54 Å². The molecule has 0 saturated heterocycles. The Morgan fingerprint density at radius 2 is 2.09 bits per heavy atom. The van der Waals surface area contributed by atoms with Gasteiger partial charge in [0.05, 0.1) is 6.54 Å². The fourth-order valence-electron chi connectivity index (χ4n) is 2.82. The first-order valence-electron chi connectivity index (χ1n) is 7.39. The number of carbonyl (C=O) groups is 1. The van der Waals surface area contributed by atoms with Gasteiger partial charge in [0.15, 0.2) is 0 Å². The first kappa shape index (κ1) is 14.0. The first-order valence-corrected chi connectivity index (χ1v) is 8.20. The summed E-state index contributed by atoms with van der Waals surface area (Å²) in [6.45, 7) is 0.694. The van der Waals surface area contributed by atoms with Gasteiger partial charge in [-0.05, 0) is 40.8 Å². The van der Waals surface area contributed by atoms with Crippen LogP contribution >= 0.6 is 11.3 Å². The number of carbonyl (C=O) groups excluding carboxylic acids is 1. The minimum absolute atomic E-state index is 0.220. The average Bonchev–Trinajstić information content (AvgIpc) is 3.20. The molecule has 0 fully saturated rings. The summed E-state index contributed by atoms with van der Waals surface area (Å²) in [5.74, 6) is 0. The molecule has 1 aliphatic heterocycles. The van der Waals surface area contributed by atoms with E-state index in [0.717, 1.165) is 16.8 Å². The first-order chi connectivity index (χ1) is 11.2. The minimum Gasteiger partial charge on any atom is -0.341 e.